The Hall–Kier alpha value is -6.31. The van der Waals surface area contributed by atoms with Crippen LogP contribution in [0.25, 0.3) is 10.8 Å². The number of aldehydes is 1. The summed E-state index contributed by atoms with van der Waals surface area (Å²) in [5.74, 6) is -0.629. The number of hydrogen-bond donors (Lipinski definition) is 2. The molecular weight excluding hydrogens is 873 g/mol. The van der Waals surface area contributed by atoms with Crippen LogP contribution in [-0.2, 0) is 32.2 Å². The molecule has 0 radical (unpaired) electrons. The van der Waals surface area contributed by atoms with Crippen LogP contribution in [0.3, 0.4) is 0 Å². The van der Waals surface area contributed by atoms with Crippen molar-refractivity contribution in [2.24, 2.45) is 22.9 Å². The molecule has 1 amide bonds. The summed E-state index contributed by atoms with van der Waals surface area (Å²) in [6.45, 7) is 7.28. The standard InChI is InChI=1S/C57H64N2O10/c1-3-30-66-57-53(59(37-44-22-15-21-42-19-8-9-24-47(42)44)56(63)65-32-31-64-39-40-16-6-5-7-17-40)36-51(58-67-4-2)49-34-43(20-10-12-28-60)48(25-11-13-29-61)54(55(49)57)50-35-46(26-27-52(50)69-57)68-45-23-14-18-41(33-45)38-62/h3,5-9,14-19,21-24,26-27,33-35,38,43,48,53-55,60-61H,1,4,10-13,20,25,28-32,36-37,39H2,2H3. The van der Waals surface area contributed by atoms with E-state index in [1.807, 2.05) is 85.8 Å². The van der Waals surface area contributed by atoms with Gasteiger partial charge in [0.05, 0.1) is 38.0 Å². The molecular formula is C57H64N2O10. The third kappa shape index (κ3) is 11.3. The fourth-order valence-corrected chi connectivity index (χ4v) is 10.6. The average Bonchev–Trinajstić information content (AvgIpc) is 3.38. The number of aliphatic hydroxyl groups is 2. The molecule has 69 heavy (non-hydrogen) atoms. The molecule has 0 bridgehead atoms. The molecule has 2 N–H and O–H groups in total. The van der Waals surface area contributed by atoms with Gasteiger partial charge in [-0.3, -0.25) is 9.69 Å². The first-order valence-electron chi connectivity index (χ1n) is 24.4. The van der Waals surface area contributed by atoms with Crippen LogP contribution in [0.4, 0.5) is 4.79 Å². The number of amides is 1. The smallest absolute Gasteiger partial charge is 0.410 e. The van der Waals surface area contributed by atoms with Crippen molar-refractivity contribution in [3.05, 3.63) is 162 Å². The predicted molar refractivity (Wildman–Crippen MR) is 265 cm³/mol. The van der Waals surface area contributed by atoms with Crippen molar-refractivity contribution in [1.82, 2.24) is 4.90 Å². The molecule has 362 valence electrons. The van der Waals surface area contributed by atoms with Crippen molar-refractivity contribution in [3.8, 4) is 17.2 Å². The number of unbranched alkanes of at least 4 members (excludes halogenated alkanes) is 2. The maximum Gasteiger partial charge on any atom is 0.410 e. The number of hydrogen-bond acceptors (Lipinski definition) is 11. The van der Waals surface area contributed by atoms with Gasteiger partial charge in [0, 0.05) is 36.7 Å². The molecule has 12 nitrogen and oxygen atoms in total. The first-order chi connectivity index (χ1) is 33.9. The van der Waals surface area contributed by atoms with E-state index in [-0.39, 0.29) is 63.8 Å². The van der Waals surface area contributed by atoms with E-state index in [2.05, 4.69) is 30.9 Å². The lowest BCUT2D eigenvalue weighted by Gasteiger charge is -2.59. The molecule has 0 spiro atoms. The van der Waals surface area contributed by atoms with Gasteiger partial charge < -0.3 is 38.7 Å². The van der Waals surface area contributed by atoms with Gasteiger partial charge in [0.15, 0.2) is 0 Å². The fourth-order valence-electron chi connectivity index (χ4n) is 10.6. The Morgan fingerprint density at radius 3 is 2.45 bits per heavy atom. The van der Waals surface area contributed by atoms with Crippen LogP contribution >= 0.6 is 0 Å². The number of fused-ring (bicyclic) bond motifs is 3. The van der Waals surface area contributed by atoms with E-state index in [1.165, 1.54) is 0 Å². The monoisotopic (exact) mass is 936 g/mol. The molecule has 1 aliphatic heterocycles. The highest BCUT2D eigenvalue weighted by atomic mass is 16.7. The minimum atomic E-state index is -1.51. The summed E-state index contributed by atoms with van der Waals surface area (Å²) in [6.07, 6.45) is 8.89. The second-order valence-corrected chi connectivity index (χ2v) is 17.9. The second-order valence-electron chi connectivity index (χ2n) is 17.9. The maximum atomic E-state index is 15.2. The normalized spacial score (nSPS) is 21.9. The summed E-state index contributed by atoms with van der Waals surface area (Å²) >= 11 is 0. The molecule has 2 aliphatic carbocycles. The van der Waals surface area contributed by atoms with Crippen LogP contribution in [0.15, 0.2) is 145 Å². The minimum Gasteiger partial charge on any atom is -0.459 e. The number of carbonyl (C=O) groups is 2. The molecule has 12 heteroatoms. The van der Waals surface area contributed by atoms with Gasteiger partial charge in [-0.15, -0.1) is 6.58 Å². The van der Waals surface area contributed by atoms with Crippen LogP contribution < -0.4 is 9.47 Å². The van der Waals surface area contributed by atoms with E-state index in [1.54, 1.807) is 29.2 Å². The van der Waals surface area contributed by atoms with Crippen molar-refractivity contribution in [2.45, 2.75) is 82.8 Å². The number of benzene rings is 5. The molecule has 5 aromatic rings. The quantitative estimate of drug-likeness (QED) is 0.0265. The van der Waals surface area contributed by atoms with Crippen LogP contribution in [-0.4, -0.2) is 84.7 Å². The Labute approximate surface area is 405 Å². The van der Waals surface area contributed by atoms with E-state index in [9.17, 15) is 15.0 Å². The highest BCUT2D eigenvalue weighted by molar-refractivity contribution is 6.03. The van der Waals surface area contributed by atoms with Gasteiger partial charge >= 0.3 is 6.09 Å². The van der Waals surface area contributed by atoms with E-state index in [0.717, 1.165) is 65.0 Å². The fraction of sp³-hybridized carbons (Fsp3) is 0.386. The number of carbonyl (C=O) groups excluding carboxylic acids is 2. The molecule has 0 saturated heterocycles. The van der Waals surface area contributed by atoms with Crippen LogP contribution in [0.1, 0.15) is 84.8 Å². The summed E-state index contributed by atoms with van der Waals surface area (Å²) in [4.78, 5) is 34.6. The van der Waals surface area contributed by atoms with E-state index >= 15 is 4.79 Å². The Kier molecular flexibility index (Phi) is 17.0. The zero-order chi connectivity index (χ0) is 48.0. The zero-order valence-electron chi connectivity index (χ0n) is 39.5. The van der Waals surface area contributed by atoms with Crippen molar-refractivity contribution >= 4 is 28.9 Å². The van der Waals surface area contributed by atoms with E-state index in [4.69, 9.17) is 33.7 Å². The van der Waals surface area contributed by atoms with Crippen LogP contribution in [0, 0.1) is 17.8 Å². The molecule has 3 aliphatic rings. The van der Waals surface area contributed by atoms with Gasteiger partial charge in [-0.25, -0.2) is 4.79 Å². The molecule has 6 unspecified atom stereocenters. The second kappa shape index (κ2) is 23.8. The summed E-state index contributed by atoms with van der Waals surface area (Å²) < 4.78 is 33.3. The summed E-state index contributed by atoms with van der Waals surface area (Å²) in [5, 5.41) is 26.9. The van der Waals surface area contributed by atoms with Gasteiger partial charge in [0.2, 0.25) is 5.79 Å². The van der Waals surface area contributed by atoms with Crippen molar-refractivity contribution in [2.75, 3.05) is 39.6 Å². The minimum absolute atomic E-state index is 0.000634. The largest absolute Gasteiger partial charge is 0.459 e. The number of allylic oxidation sites excluding steroid dienone is 1. The maximum absolute atomic E-state index is 15.2. The molecule has 1 saturated carbocycles. The highest BCUT2D eigenvalue weighted by Gasteiger charge is 2.65. The van der Waals surface area contributed by atoms with Gasteiger partial charge in [0.25, 0.3) is 0 Å². The summed E-state index contributed by atoms with van der Waals surface area (Å²) in [5.41, 5.74) is 4.94. The number of rotatable bonds is 24. The third-order valence-corrected chi connectivity index (χ3v) is 13.6. The van der Waals surface area contributed by atoms with E-state index in [0.29, 0.717) is 54.6 Å². The highest BCUT2D eigenvalue weighted by Crippen LogP contribution is 2.62. The lowest BCUT2D eigenvalue weighted by Crippen LogP contribution is -2.70. The molecule has 1 heterocycles. The Morgan fingerprint density at radius 1 is 0.884 bits per heavy atom. The molecule has 6 atom stereocenters. The Morgan fingerprint density at radius 2 is 1.65 bits per heavy atom. The topological polar surface area (TPSA) is 146 Å². The molecule has 8 rings (SSSR count). The number of nitrogens with zero attached hydrogens (tertiary/aromatic N) is 2. The number of oxime groups is 1. The van der Waals surface area contributed by atoms with Gasteiger partial charge in [-0.1, -0.05) is 115 Å². The lowest BCUT2D eigenvalue weighted by molar-refractivity contribution is -0.256. The van der Waals surface area contributed by atoms with Gasteiger partial charge in [0.1, 0.15) is 42.8 Å². The summed E-state index contributed by atoms with van der Waals surface area (Å²) in [6, 6.07) is 36.1. The first kappa shape index (κ1) is 49.1. The van der Waals surface area contributed by atoms with Gasteiger partial charge in [-0.2, -0.15) is 0 Å². The SMILES string of the molecule is C=CCOC12Oc3ccc(Oc4cccc(C=O)c4)cc3C3C(CCCCO)C(CCCCO)C=C(C(=NOCC)CC1N(Cc1cccc4ccccc14)C(=O)OCCOCc1ccccc1)C32. The third-order valence-electron chi connectivity index (χ3n) is 13.6. The number of aliphatic hydroxyl groups excluding tert-OH is 2. The van der Waals surface area contributed by atoms with Crippen molar-refractivity contribution in [1.29, 1.82) is 0 Å². The van der Waals surface area contributed by atoms with Crippen molar-refractivity contribution in [3.63, 3.8) is 0 Å². The lowest BCUT2D eigenvalue weighted by atomic mass is 9.55. The molecule has 1 fully saturated rings. The summed E-state index contributed by atoms with van der Waals surface area (Å²) in [7, 11) is 0. The number of ether oxygens (including phenoxy) is 5. The van der Waals surface area contributed by atoms with Crippen LogP contribution in [0.5, 0.6) is 17.2 Å². The Bertz CT molecular complexity index is 2570. The van der Waals surface area contributed by atoms with Crippen molar-refractivity contribution < 1.29 is 48.3 Å². The van der Waals surface area contributed by atoms with Crippen LogP contribution in [0.2, 0.25) is 0 Å². The zero-order valence-corrected chi connectivity index (χ0v) is 39.5. The van der Waals surface area contributed by atoms with Gasteiger partial charge in [-0.05, 0) is 102 Å². The molecule has 0 aromatic heterocycles. The average molecular weight is 937 g/mol. The predicted octanol–water partition coefficient (Wildman–Crippen LogP) is 11.0. The van der Waals surface area contributed by atoms with E-state index < -0.39 is 23.8 Å². The Balaban J connectivity index is 1.29. The molecule has 5 aromatic carbocycles. The first-order valence-corrected chi connectivity index (χ1v) is 24.4.